The summed E-state index contributed by atoms with van der Waals surface area (Å²) in [5.41, 5.74) is 0.850. The number of carbonyl (C=O) groups is 3. The van der Waals surface area contributed by atoms with Crippen LogP contribution in [0.1, 0.15) is 34.1 Å². The van der Waals surface area contributed by atoms with Crippen molar-refractivity contribution in [3.63, 3.8) is 0 Å². The van der Waals surface area contributed by atoms with Crippen LogP contribution in [-0.4, -0.2) is 71.4 Å². The fraction of sp³-hybridized carbons (Fsp3) is 0.522. The van der Waals surface area contributed by atoms with E-state index in [-0.39, 0.29) is 13.2 Å². The van der Waals surface area contributed by atoms with Crippen LogP contribution < -0.4 is 15.4 Å². The van der Waals surface area contributed by atoms with E-state index in [9.17, 15) is 14.4 Å². The Morgan fingerprint density at radius 1 is 1.21 bits per heavy atom. The summed E-state index contributed by atoms with van der Waals surface area (Å²) in [7, 11) is 1.50. The van der Waals surface area contributed by atoms with Crippen molar-refractivity contribution in [3.05, 3.63) is 24.4 Å². The average Bonchev–Trinajstić information content (AvgIpc) is 2.78. The number of methoxy groups -OCH3 is 1. The molecule has 2 N–H and O–H groups in total. The van der Waals surface area contributed by atoms with Gasteiger partial charge in [0, 0.05) is 31.4 Å². The van der Waals surface area contributed by atoms with E-state index in [0.29, 0.717) is 35.6 Å². The van der Waals surface area contributed by atoms with E-state index >= 15 is 0 Å². The third-order valence-electron chi connectivity index (χ3n) is 5.19. The van der Waals surface area contributed by atoms with Gasteiger partial charge in [-0.15, -0.1) is 0 Å². The highest BCUT2D eigenvalue weighted by molar-refractivity contribution is 5.98. The number of hydrogen-bond acceptors (Lipinski definition) is 8. The molecule has 0 radical (unpaired) electrons. The van der Waals surface area contributed by atoms with Gasteiger partial charge in [0.2, 0.25) is 5.88 Å². The van der Waals surface area contributed by atoms with Crippen molar-refractivity contribution in [2.45, 2.75) is 45.8 Å². The number of nitrogens with zero attached hydrogens (tertiary/aromatic N) is 3. The summed E-state index contributed by atoms with van der Waals surface area (Å²) in [6.45, 7) is 7.63. The first-order valence-electron chi connectivity index (χ1n) is 11.1. The molecule has 0 aromatic carbocycles. The standard InChI is InChI=1S/C23H31N5O6/c1-6-33-20(29)14-13-28(22(31)34-23(2,3)4)12-10-15(14)25-21(30)26-17-9-11-24-16-7-8-18(32-5)27-19(16)17/h7-9,11,14-15H,6,10,12-13H2,1-5H3,(H2,24,25,26,30)/t14-,15-/m1/s1. The van der Waals surface area contributed by atoms with Crippen molar-refractivity contribution >= 4 is 34.8 Å². The first kappa shape index (κ1) is 25.0. The normalized spacial score (nSPS) is 18.2. The van der Waals surface area contributed by atoms with E-state index in [1.165, 1.54) is 12.0 Å². The first-order valence-corrected chi connectivity index (χ1v) is 11.1. The smallest absolute Gasteiger partial charge is 0.410 e. The molecular weight excluding hydrogens is 442 g/mol. The van der Waals surface area contributed by atoms with Gasteiger partial charge in [0.05, 0.1) is 30.8 Å². The second-order valence-corrected chi connectivity index (χ2v) is 8.86. The Hall–Kier alpha value is -3.63. The molecule has 1 saturated heterocycles. The zero-order valence-corrected chi connectivity index (χ0v) is 20.1. The third kappa shape index (κ3) is 6.24. The quantitative estimate of drug-likeness (QED) is 0.634. The van der Waals surface area contributed by atoms with Crippen LogP contribution in [0.4, 0.5) is 15.3 Å². The number of amides is 3. The maximum Gasteiger partial charge on any atom is 0.410 e. The molecule has 0 bridgehead atoms. The van der Waals surface area contributed by atoms with Crippen LogP contribution in [0.15, 0.2) is 24.4 Å². The molecule has 11 nitrogen and oxygen atoms in total. The molecular formula is C23H31N5O6. The third-order valence-corrected chi connectivity index (χ3v) is 5.19. The van der Waals surface area contributed by atoms with Gasteiger partial charge in [0.25, 0.3) is 0 Å². The lowest BCUT2D eigenvalue weighted by atomic mass is 9.92. The van der Waals surface area contributed by atoms with Crippen molar-refractivity contribution in [2.24, 2.45) is 5.92 Å². The van der Waals surface area contributed by atoms with Crippen molar-refractivity contribution in [3.8, 4) is 5.88 Å². The average molecular weight is 474 g/mol. The van der Waals surface area contributed by atoms with Crippen LogP contribution >= 0.6 is 0 Å². The lowest BCUT2D eigenvalue weighted by molar-refractivity contribution is -0.150. The molecule has 0 spiro atoms. The predicted molar refractivity (Wildman–Crippen MR) is 125 cm³/mol. The fourth-order valence-electron chi connectivity index (χ4n) is 3.65. The van der Waals surface area contributed by atoms with Gasteiger partial charge in [-0.2, -0.15) is 0 Å². The molecule has 0 unspecified atom stereocenters. The zero-order valence-electron chi connectivity index (χ0n) is 20.1. The lowest BCUT2D eigenvalue weighted by Gasteiger charge is -2.38. The number of ether oxygens (including phenoxy) is 3. The van der Waals surface area contributed by atoms with Gasteiger partial charge in [0.1, 0.15) is 11.1 Å². The van der Waals surface area contributed by atoms with Crippen LogP contribution in [-0.2, 0) is 14.3 Å². The Kier molecular flexibility index (Phi) is 7.75. The van der Waals surface area contributed by atoms with Crippen LogP contribution in [0.25, 0.3) is 11.0 Å². The largest absolute Gasteiger partial charge is 0.481 e. The zero-order chi connectivity index (χ0) is 24.9. The second kappa shape index (κ2) is 10.5. The number of carbonyl (C=O) groups excluding carboxylic acids is 3. The summed E-state index contributed by atoms with van der Waals surface area (Å²) in [5.74, 6) is -0.831. The maximum atomic E-state index is 12.8. The molecule has 2 atom stereocenters. The van der Waals surface area contributed by atoms with Gasteiger partial charge in [0.15, 0.2) is 0 Å². The molecule has 2 aromatic rings. The predicted octanol–water partition coefficient (Wildman–Crippen LogP) is 2.95. The van der Waals surface area contributed by atoms with E-state index in [2.05, 4.69) is 20.6 Å². The number of esters is 1. The number of anilines is 1. The molecule has 11 heteroatoms. The van der Waals surface area contributed by atoms with Crippen LogP contribution in [0.5, 0.6) is 5.88 Å². The molecule has 184 valence electrons. The second-order valence-electron chi connectivity index (χ2n) is 8.86. The van der Waals surface area contributed by atoms with Gasteiger partial charge < -0.3 is 29.7 Å². The highest BCUT2D eigenvalue weighted by Gasteiger charge is 2.39. The number of piperidine rings is 1. The van der Waals surface area contributed by atoms with Gasteiger partial charge in [-0.3, -0.25) is 9.78 Å². The van der Waals surface area contributed by atoms with Crippen molar-refractivity contribution in [1.29, 1.82) is 0 Å². The summed E-state index contributed by atoms with van der Waals surface area (Å²) in [6, 6.07) is 4.01. The highest BCUT2D eigenvalue weighted by Crippen LogP contribution is 2.24. The number of hydrogen-bond donors (Lipinski definition) is 2. The van der Waals surface area contributed by atoms with Crippen LogP contribution in [0.2, 0.25) is 0 Å². The fourth-order valence-corrected chi connectivity index (χ4v) is 3.65. The number of aromatic nitrogens is 2. The lowest BCUT2D eigenvalue weighted by Crippen LogP contribution is -2.56. The monoisotopic (exact) mass is 473 g/mol. The van der Waals surface area contributed by atoms with Gasteiger partial charge in [-0.25, -0.2) is 14.6 Å². The minimum Gasteiger partial charge on any atom is -0.481 e. The van der Waals surface area contributed by atoms with Crippen LogP contribution in [0.3, 0.4) is 0 Å². The molecule has 1 aliphatic heterocycles. The van der Waals surface area contributed by atoms with Crippen molar-refractivity contribution in [2.75, 3.05) is 32.1 Å². The molecule has 0 saturated carbocycles. The van der Waals surface area contributed by atoms with E-state index in [1.807, 2.05) is 0 Å². The van der Waals surface area contributed by atoms with Crippen molar-refractivity contribution in [1.82, 2.24) is 20.2 Å². The first-order chi connectivity index (χ1) is 16.1. The van der Waals surface area contributed by atoms with E-state index in [1.54, 1.807) is 52.1 Å². The summed E-state index contributed by atoms with van der Waals surface area (Å²) >= 11 is 0. The van der Waals surface area contributed by atoms with Gasteiger partial charge in [-0.1, -0.05) is 0 Å². The number of pyridine rings is 2. The van der Waals surface area contributed by atoms with Gasteiger partial charge >= 0.3 is 18.1 Å². The molecule has 1 aliphatic rings. The summed E-state index contributed by atoms with van der Waals surface area (Å²) in [5, 5.41) is 5.62. The number of fused-ring (bicyclic) bond motifs is 1. The Balaban J connectivity index is 1.73. The Morgan fingerprint density at radius 3 is 2.65 bits per heavy atom. The van der Waals surface area contributed by atoms with Crippen molar-refractivity contribution < 1.29 is 28.6 Å². The van der Waals surface area contributed by atoms with E-state index in [0.717, 1.165) is 0 Å². The summed E-state index contributed by atoms with van der Waals surface area (Å²) in [4.78, 5) is 48.1. The minimum atomic E-state index is -0.737. The number of likely N-dealkylation sites (tertiary alicyclic amines) is 1. The van der Waals surface area contributed by atoms with E-state index in [4.69, 9.17) is 14.2 Å². The Bertz CT molecular complexity index is 1050. The maximum absolute atomic E-state index is 12.8. The molecule has 1 fully saturated rings. The topological polar surface area (TPSA) is 132 Å². The highest BCUT2D eigenvalue weighted by atomic mass is 16.6. The van der Waals surface area contributed by atoms with Gasteiger partial charge in [-0.05, 0) is 46.2 Å². The summed E-state index contributed by atoms with van der Waals surface area (Å²) in [6.07, 6.45) is 1.42. The molecule has 0 aliphatic carbocycles. The Labute approximate surface area is 198 Å². The molecule has 34 heavy (non-hydrogen) atoms. The summed E-state index contributed by atoms with van der Waals surface area (Å²) < 4.78 is 15.8. The van der Waals surface area contributed by atoms with E-state index < -0.39 is 35.7 Å². The molecule has 3 heterocycles. The number of urea groups is 1. The molecule has 3 rings (SSSR count). The number of rotatable bonds is 5. The van der Waals surface area contributed by atoms with Crippen LogP contribution in [0, 0.1) is 5.92 Å². The Morgan fingerprint density at radius 2 is 1.97 bits per heavy atom. The molecule has 3 amide bonds. The minimum absolute atomic E-state index is 0.0790. The molecule has 2 aromatic heterocycles. The number of nitrogens with one attached hydrogen (secondary N) is 2. The SMILES string of the molecule is CCOC(=O)[C@@H]1CN(C(=O)OC(C)(C)C)CC[C@H]1NC(=O)Nc1ccnc2ccc(OC)nc12.